The summed E-state index contributed by atoms with van der Waals surface area (Å²) in [6.07, 6.45) is 5.08. The fourth-order valence-electron chi connectivity index (χ4n) is 6.00. The molecule has 1 aromatic heterocycles. The molecule has 3 aromatic rings. The predicted molar refractivity (Wildman–Crippen MR) is 165 cm³/mol. The summed E-state index contributed by atoms with van der Waals surface area (Å²) in [6, 6.07) is 18.8. The fraction of sp³-hybridized carbons (Fsp3) is 0.500. The van der Waals surface area contributed by atoms with Crippen molar-refractivity contribution in [2.75, 3.05) is 32.7 Å². The molecule has 2 fully saturated rings. The molecule has 2 saturated heterocycles. The van der Waals surface area contributed by atoms with E-state index in [2.05, 4.69) is 46.5 Å². The standard InChI is InChI=1S/C34H45N5O3/c1-25-10-12-27(13-11-25)24-37-18-14-26(15-19-37)22-35-32(40)30-23-36-39(29-8-6-5-7-9-29)31(30)28-16-20-38(21-17-28)33(41)42-34(2,3)4/h5-13,23,26,28H,14-22,24H2,1-4H3,(H,35,40). The highest BCUT2D eigenvalue weighted by atomic mass is 16.6. The molecule has 0 spiro atoms. The van der Waals surface area contributed by atoms with Crippen molar-refractivity contribution in [3.8, 4) is 5.69 Å². The first-order valence-electron chi connectivity index (χ1n) is 15.3. The normalized spacial score (nSPS) is 17.3. The van der Waals surface area contributed by atoms with E-state index in [-0.39, 0.29) is 17.9 Å². The molecule has 8 nitrogen and oxygen atoms in total. The van der Waals surface area contributed by atoms with Crippen LogP contribution in [-0.2, 0) is 11.3 Å². The van der Waals surface area contributed by atoms with Gasteiger partial charge in [0.15, 0.2) is 0 Å². The van der Waals surface area contributed by atoms with Crippen LogP contribution in [0.15, 0.2) is 60.8 Å². The summed E-state index contributed by atoms with van der Waals surface area (Å²) in [5.41, 5.74) is 4.61. The summed E-state index contributed by atoms with van der Waals surface area (Å²) in [6.45, 7) is 12.7. The highest BCUT2D eigenvalue weighted by Gasteiger charge is 2.32. The smallest absolute Gasteiger partial charge is 0.410 e. The van der Waals surface area contributed by atoms with Gasteiger partial charge < -0.3 is 15.0 Å². The van der Waals surface area contributed by atoms with Crippen LogP contribution in [0, 0.1) is 12.8 Å². The molecule has 0 radical (unpaired) electrons. The molecule has 2 aliphatic rings. The number of nitrogens with zero attached hydrogens (tertiary/aromatic N) is 4. The van der Waals surface area contributed by atoms with Crippen molar-refractivity contribution in [3.63, 3.8) is 0 Å². The zero-order chi connectivity index (χ0) is 29.7. The minimum absolute atomic E-state index is 0.0659. The van der Waals surface area contributed by atoms with Crippen LogP contribution in [0.2, 0.25) is 0 Å². The molecular formula is C34H45N5O3. The van der Waals surface area contributed by atoms with Crippen LogP contribution in [0.1, 0.15) is 79.6 Å². The van der Waals surface area contributed by atoms with Crippen molar-refractivity contribution >= 4 is 12.0 Å². The van der Waals surface area contributed by atoms with Crippen molar-refractivity contribution in [1.82, 2.24) is 24.9 Å². The number of piperidine rings is 2. The van der Waals surface area contributed by atoms with E-state index < -0.39 is 5.60 Å². The minimum Gasteiger partial charge on any atom is -0.444 e. The van der Waals surface area contributed by atoms with Gasteiger partial charge in [0.25, 0.3) is 5.91 Å². The van der Waals surface area contributed by atoms with E-state index in [0.29, 0.717) is 31.1 Å². The van der Waals surface area contributed by atoms with Crippen LogP contribution >= 0.6 is 0 Å². The predicted octanol–water partition coefficient (Wildman–Crippen LogP) is 5.94. The minimum atomic E-state index is -0.525. The number of rotatable bonds is 7. The van der Waals surface area contributed by atoms with Gasteiger partial charge in [-0.2, -0.15) is 5.10 Å². The van der Waals surface area contributed by atoms with Crippen molar-refractivity contribution in [2.45, 2.75) is 71.4 Å². The summed E-state index contributed by atoms with van der Waals surface area (Å²) in [5, 5.41) is 7.92. The lowest BCUT2D eigenvalue weighted by atomic mass is 9.90. The van der Waals surface area contributed by atoms with Crippen molar-refractivity contribution in [2.24, 2.45) is 5.92 Å². The van der Waals surface area contributed by atoms with Gasteiger partial charge in [0.05, 0.1) is 23.1 Å². The zero-order valence-electron chi connectivity index (χ0n) is 25.5. The van der Waals surface area contributed by atoms with Gasteiger partial charge >= 0.3 is 6.09 Å². The molecule has 1 N–H and O–H groups in total. The van der Waals surface area contributed by atoms with E-state index in [1.165, 1.54) is 11.1 Å². The number of aryl methyl sites for hydroxylation is 1. The summed E-state index contributed by atoms with van der Waals surface area (Å²) >= 11 is 0. The van der Waals surface area contributed by atoms with Gasteiger partial charge in [-0.15, -0.1) is 0 Å². The summed E-state index contributed by atoms with van der Waals surface area (Å²) in [5.74, 6) is 0.508. The number of hydrogen-bond acceptors (Lipinski definition) is 5. The largest absolute Gasteiger partial charge is 0.444 e. The zero-order valence-corrected chi connectivity index (χ0v) is 25.5. The number of carbonyl (C=O) groups excluding carboxylic acids is 2. The van der Waals surface area contributed by atoms with Gasteiger partial charge in [-0.05, 0) is 90.1 Å². The molecule has 3 heterocycles. The number of carbonyl (C=O) groups is 2. The van der Waals surface area contributed by atoms with E-state index in [0.717, 1.165) is 56.7 Å². The Morgan fingerprint density at radius 2 is 1.60 bits per heavy atom. The molecule has 0 aliphatic carbocycles. The van der Waals surface area contributed by atoms with Crippen molar-refractivity contribution < 1.29 is 14.3 Å². The number of ether oxygens (including phenoxy) is 1. The lowest BCUT2D eigenvalue weighted by molar-refractivity contribution is 0.0203. The SMILES string of the molecule is Cc1ccc(CN2CCC(CNC(=O)c3cnn(-c4ccccc4)c3C3CCN(C(=O)OC(C)(C)C)CC3)CC2)cc1. The molecule has 8 heteroatoms. The third-order valence-corrected chi connectivity index (χ3v) is 8.37. The Hall–Kier alpha value is -3.65. The second-order valence-corrected chi connectivity index (χ2v) is 12.8. The van der Waals surface area contributed by atoms with Gasteiger partial charge in [-0.1, -0.05) is 48.0 Å². The molecule has 0 unspecified atom stereocenters. The highest BCUT2D eigenvalue weighted by molar-refractivity contribution is 5.95. The second kappa shape index (κ2) is 13.1. The van der Waals surface area contributed by atoms with Crippen molar-refractivity contribution in [1.29, 1.82) is 0 Å². The van der Waals surface area contributed by atoms with E-state index in [9.17, 15) is 9.59 Å². The quantitative estimate of drug-likeness (QED) is 0.380. The molecule has 2 aromatic carbocycles. The summed E-state index contributed by atoms with van der Waals surface area (Å²) in [4.78, 5) is 30.5. The summed E-state index contributed by atoms with van der Waals surface area (Å²) in [7, 11) is 0. The Kier molecular flexibility index (Phi) is 9.31. The topological polar surface area (TPSA) is 79.7 Å². The fourth-order valence-corrected chi connectivity index (χ4v) is 6.00. The lowest BCUT2D eigenvalue weighted by Crippen LogP contribution is -2.42. The van der Waals surface area contributed by atoms with Gasteiger partial charge in [-0.25, -0.2) is 9.48 Å². The number of hydrogen-bond donors (Lipinski definition) is 1. The monoisotopic (exact) mass is 571 g/mol. The van der Waals surface area contributed by atoms with Gasteiger partial charge in [0.2, 0.25) is 0 Å². The maximum absolute atomic E-state index is 13.6. The average molecular weight is 572 g/mol. The molecular weight excluding hydrogens is 526 g/mol. The highest BCUT2D eigenvalue weighted by Crippen LogP contribution is 2.33. The Labute approximate surface area is 250 Å². The van der Waals surface area contributed by atoms with Crippen molar-refractivity contribution in [3.05, 3.63) is 83.2 Å². The lowest BCUT2D eigenvalue weighted by Gasteiger charge is -2.34. The number of benzene rings is 2. The molecule has 0 saturated carbocycles. The van der Waals surface area contributed by atoms with E-state index in [1.54, 1.807) is 11.1 Å². The average Bonchev–Trinajstić information content (AvgIpc) is 3.43. The Morgan fingerprint density at radius 3 is 2.24 bits per heavy atom. The molecule has 42 heavy (non-hydrogen) atoms. The second-order valence-electron chi connectivity index (χ2n) is 12.8. The Balaban J connectivity index is 1.21. The Bertz CT molecular complexity index is 1330. The molecule has 0 atom stereocenters. The number of amides is 2. The maximum atomic E-state index is 13.6. The first-order valence-corrected chi connectivity index (χ1v) is 15.3. The molecule has 2 aliphatic heterocycles. The number of nitrogens with one attached hydrogen (secondary N) is 1. The van der Waals surface area contributed by atoms with Gasteiger partial charge in [0, 0.05) is 32.1 Å². The summed E-state index contributed by atoms with van der Waals surface area (Å²) < 4.78 is 7.50. The van der Waals surface area contributed by atoms with Crippen LogP contribution in [0.4, 0.5) is 4.79 Å². The van der Waals surface area contributed by atoms with Gasteiger partial charge in [-0.3, -0.25) is 9.69 Å². The van der Waals surface area contributed by atoms with E-state index >= 15 is 0 Å². The van der Waals surface area contributed by atoms with E-state index in [4.69, 9.17) is 4.74 Å². The van der Waals surface area contributed by atoms with Crippen LogP contribution in [-0.4, -0.2) is 69.9 Å². The van der Waals surface area contributed by atoms with Crippen LogP contribution in [0.25, 0.3) is 5.69 Å². The van der Waals surface area contributed by atoms with Crippen LogP contribution < -0.4 is 5.32 Å². The maximum Gasteiger partial charge on any atom is 0.410 e. The van der Waals surface area contributed by atoms with Crippen LogP contribution in [0.3, 0.4) is 0 Å². The molecule has 2 amide bonds. The molecule has 224 valence electrons. The van der Waals surface area contributed by atoms with Gasteiger partial charge in [0.1, 0.15) is 5.60 Å². The number of aromatic nitrogens is 2. The first kappa shape index (κ1) is 29.8. The van der Waals surface area contributed by atoms with Crippen LogP contribution in [0.5, 0.6) is 0 Å². The molecule has 0 bridgehead atoms. The van der Waals surface area contributed by atoms with E-state index in [1.807, 2.05) is 55.8 Å². The number of likely N-dealkylation sites (tertiary alicyclic amines) is 2. The first-order chi connectivity index (χ1) is 20.2. The Morgan fingerprint density at radius 1 is 0.929 bits per heavy atom. The third-order valence-electron chi connectivity index (χ3n) is 8.37. The molecule has 5 rings (SSSR count). The third kappa shape index (κ3) is 7.59. The number of para-hydroxylation sites is 1.